The summed E-state index contributed by atoms with van der Waals surface area (Å²) < 4.78 is 4.63. The molecule has 7 heteroatoms. The highest BCUT2D eigenvalue weighted by molar-refractivity contribution is 7.99. The number of carbonyl (C=O) groups is 1. The Kier molecular flexibility index (Phi) is 4.98. The normalized spacial score (nSPS) is 10.6. The van der Waals surface area contributed by atoms with Gasteiger partial charge < -0.3 is 10.1 Å². The van der Waals surface area contributed by atoms with Crippen molar-refractivity contribution in [3.8, 4) is 0 Å². The summed E-state index contributed by atoms with van der Waals surface area (Å²) >= 11 is 3.14. The van der Waals surface area contributed by atoms with Gasteiger partial charge in [0, 0.05) is 17.7 Å². The summed E-state index contributed by atoms with van der Waals surface area (Å²) in [6.45, 7) is 2.79. The first kappa shape index (κ1) is 14.1. The third-order valence-corrected chi connectivity index (χ3v) is 4.20. The molecule has 0 spiro atoms. The van der Waals surface area contributed by atoms with Crippen molar-refractivity contribution in [1.29, 1.82) is 0 Å². The molecule has 0 aliphatic carbocycles. The molecule has 0 aliphatic rings. The predicted octanol–water partition coefficient (Wildman–Crippen LogP) is 2.78. The number of methoxy groups -OCH3 is 1. The first-order valence-electron chi connectivity index (χ1n) is 5.93. The van der Waals surface area contributed by atoms with Crippen LogP contribution in [0.1, 0.15) is 13.3 Å². The van der Waals surface area contributed by atoms with Crippen LogP contribution in [0.4, 0.5) is 5.95 Å². The van der Waals surface area contributed by atoms with Crippen molar-refractivity contribution in [2.75, 3.05) is 24.7 Å². The van der Waals surface area contributed by atoms with Gasteiger partial charge in [-0.05, 0) is 18.4 Å². The summed E-state index contributed by atoms with van der Waals surface area (Å²) in [4.78, 5) is 21.0. The number of hydrogen-bond donors (Lipinski definition) is 1. The van der Waals surface area contributed by atoms with E-state index in [1.54, 1.807) is 23.1 Å². The molecule has 0 aromatic carbocycles. The Morgan fingerprint density at radius 1 is 1.53 bits per heavy atom. The highest BCUT2D eigenvalue weighted by atomic mass is 32.2. The van der Waals surface area contributed by atoms with E-state index in [0.717, 1.165) is 21.8 Å². The number of aromatic nitrogens is 2. The third-order valence-electron chi connectivity index (χ3n) is 2.40. The Bertz CT molecular complexity index is 571. The lowest BCUT2D eigenvalue weighted by molar-refractivity contribution is -0.140. The van der Waals surface area contributed by atoms with Crippen LogP contribution in [-0.4, -0.2) is 35.3 Å². The molecule has 5 nitrogen and oxygen atoms in total. The van der Waals surface area contributed by atoms with Crippen LogP contribution in [0.15, 0.2) is 16.5 Å². The van der Waals surface area contributed by atoms with Crippen molar-refractivity contribution < 1.29 is 9.53 Å². The number of nitrogens with one attached hydrogen (secondary N) is 1. The average Bonchev–Trinajstić information content (AvgIpc) is 2.87. The zero-order valence-electron chi connectivity index (χ0n) is 10.8. The number of fused-ring (bicyclic) bond motifs is 1. The third kappa shape index (κ3) is 3.57. The van der Waals surface area contributed by atoms with Gasteiger partial charge in [0.15, 0.2) is 0 Å². The minimum atomic E-state index is -0.199. The number of hydrogen-bond acceptors (Lipinski definition) is 7. The van der Waals surface area contributed by atoms with E-state index >= 15 is 0 Å². The maximum Gasteiger partial charge on any atom is 0.306 e. The molecular formula is C12H15N3O2S2. The predicted molar refractivity (Wildman–Crippen MR) is 78.9 cm³/mol. The van der Waals surface area contributed by atoms with E-state index in [9.17, 15) is 4.79 Å². The first-order chi connectivity index (χ1) is 9.24. The zero-order valence-corrected chi connectivity index (χ0v) is 12.4. The number of nitrogens with zero attached hydrogens (tertiary/aromatic N) is 2. The van der Waals surface area contributed by atoms with E-state index in [-0.39, 0.29) is 5.97 Å². The summed E-state index contributed by atoms with van der Waals surface area (Å²) in [6, 6.07) is 2.01. The molecule has 2 rings (SSSR count). The number of esters is 1. The van der Waals surface area contributed by atoms with Crippen LogP contribution in [0.25, 0.3) is 10.2 Å². The second-order valence-electron chi connectivity index (χ2n) is 3.70. The quantitative estimate of drug-likeness (QED) is 0.502. The summed E-state index contributed by atoms with van der Waals surface area (Å²) in [5, 5.41) is 7.07. The number of ether oxygens (including phenoxy) is 1. The fourth-order valence-corrected chi connectivity index (χ4v) is 3.27. The molecule has 102 valence electrons. The molecule has 0 saturated carbocycles. The lowest BCUT2D eigenvalue weighted by Crippen LogP contribution is -2.04. The van der Waals surface area contributed by atoms with Gasteiger partial charge in [-0.2, -0.15) is 0 Å². The molecule has 0 radical (unpaired) electrons. The van der Waals surface area contributed by atoms with Crippen LogP contribution in [0.2, 0.25) is 0 Å². The van der Waals surface area contributed by atoms with Gasteiger partial charge in [0.25, 0.3) is 0 Å². The smallest absolute Gasteiger partial charge is 0.306 e. The van der Waals surface area contributed by atoms with E-state index in [2.05, 4.69) is 20.0 Å². The van der Waals surface area contributed by atoms with Crippen LogP contribution in [0, 0.1) is 0 Å². The fourth-order valence-electron chi connectivity index (χ4n) is 1.51. The van der Waals surface area contributed by atoms with Crippen molar-refractivity contribution in [3.05, 3.63) is 11.4 Å². The molecule has 2 aromatic heterocycles. The van der Waals surface area contributed by atoms with Gasteiger partial charge in [0.2, 0.25) is 5.95 Å². The summed E-state index contributed by atoms with van der Waals surface area (Å²) in [7, 11) is 1.40. The molecule has 2 aromatic rings. The molecule has 0 bridgehead atoms. The Labute approximate surface area is 119 Å². The molecule has 0 amide bonds. The largest absolute Gasteiger partial charge is 0.469 e. The van der Waals surface area contributed by atoms with Crippen LogP contribution in [-0.2, 0) is 9.53 Å². The van der Waals surface area contributed by atoms with Crippen molar-refractivity contribution in [2.45, 2.75) is 18.4 Å². The highest BCUT2D eigenvalue weighted by Crippen LogP contribution is 2.30. The number of rotatable bonds is 6. The second kappa shape index (κ2) is 6.72. The van der Waals surface area contributed by atoms with Crippen molar-refractivity contribution in [3.63, 3.8) is 0 Å². The first-order valence-corrected chi connectivity index (χ1v) is 7.80. The molecule has 0 unspecified atom stereocenters. The number of thioether (sulfide) groups is 1. The van der Waals surface area contributed by atoms with Crippen molar-refractivity contribution in [1.82, 2.24) is 9.97 Å². The average molecular weight is 297 g/mol. The Balaban J connectivity index is 2.15. The van der Waals surface area contributed by atoms with Crippen LogP contribution >= 0.6 is 23.1 Å². The standard InChI is InChI=1S/C12H15N3O2S2/c1-3-13-12-14-10-8(4-6-18-10)11(15-12)19-7-5-9(16)17-2/h4,6H,3,5,7H2,1-2H3,(H,13,14,15). The maximum absolute atomic E-state index is 11.1. The molecule has 0 fully saturated rings. The minimum absolute atomic E-state index is 0.199. The van der Waals surface area contributed by atoms with Gasteiger partial charge in [0.05, 0.1) is 13.5 Å². The van der Waals surface area contributed by atoms with E-state index in [1.807, 2.05) is 18.4 Å². The van der Waals surface area contributed by atoms with E-state index in [4.69, 9.17) is 0 Å². The van der Waals surface area contributed by atoms with Gasteiger partial charge in [-0.1, -0.05) is 0 Å². The van der Waals surface area contributed by atoms with Crippen molar-refractivity contribution in [2.24, 2.45) is 0 Å². The number of anilines is 1. The van der Waals surface area contributed by atoms with Gasteiger partial charge in [-0.25, -0.2) is 9.97 Å². The molecule has 0 saturated heterocycles. The molecule has 0 atom stereocenters. The molecule has 0 aliphatic heterocycles. The van der Waals surface area contributed by atoms with Gasteiger partial charge in [-0.3, -0.25) is 4.79 Å². The van der Waals surface area contributed by atoms with Crippen molar-refractivity contribution >= 4 is 45.2 Å². The van der Waals surface area contributed by atoms with E-state index < -0.39 is 0 Å². The summed E-state index contributed by atoms with van der Waals surface area (Å²) in [5.41, 5.74) is 0. The topological polar surface area (TPSA) is 64.1 Å². The lowest BCUT2D eigenvalue weighted by atomic mass is 10.4. The number of carbonyl (C=O) groups excluding carboxylic acids is 1. The van der Waals surface area contributed by atoms with Gasteiger partial charge in [-0.15, -0.1) is 23.1 Å². The van der Waals surface area contributed by atoms with E-state index in [1.165, 1.54) is 7.11 Å². The lowest BCUT2D eigenvalue weighted by Gasteiger charge is -2.06. The Morgan fingerprint density at radius 2 is 2.37 bits per heavy atom. The maximum atomic E-state index is 11.1. The van der Waals surface area contributed by atoms with Crippen LogP contribution in [0.5, 0.6) is 0 Å². The van der Waals surface area contributed by atoms with Gasteiger partial charge >= 0.3 is 5.97 Å². The zero-order chi connectivity index (χ0) is 13.7. The van der Waals surface area contributed by atoms with Gasteiger partial charge in [0.1, 0.15) is 9.86 Å². The van der Waals surface area contributed by atoms with Crippen LogP contribution < -0.4 is 5.32 Å². The molecule has 1 N–H and O–H groups in total. The fraction of sp³-hybridized carbons (Fsp3) is 0.417. The molecular weight excluding hydrogens is 282 g/mol. The van der Waals surface area contributed by atoms with E-state index in [0.29, 0.717) is 18.1 Å². The SMILES string of the molecule is CCNc1nc(SCCC(=O)OC)c2ccsc2n1. The summed E-state index contributed by atoms with van der Waals surface area (Å²) in [5.74, 6) is 1.09. The monoisotopic (exact) mass is 297 g/mol. The van der Waals surface area contributed by atoms with Crippen LogP contribution in [0.3, 0.4) is 0 Å². The molecule has 19 heavy (non-hydrogen) atoms. The Hall–Kier alpha value is -1.34. The summed E-state index contributed by atoms with van der Waals surface area (Å²) in [6.07, 6.45) is 0.382. The number of thiophene rings is 1. The molecule has 2 heterocycles. The Morgan fingerprint density at radius 3 is 3.11 bits per heavy atom. The second-order valence-corrected chi connectivity index (χ2v) is 5.67. The highest BCUT2D eigenvalue weighted by Gasteiger charge is 2.10. The minimum Gasteiger partial charge on any atom is -0.469 e.